The third-order valence-electron chi connectivity index (χ3n) is 6.79. The van der Waals surface area contributed by atoms with Crippen LogP contribution in [0.2, 0.25) is 0 Å². The Bertz CT molecular complexity index is 1480. The number of fused-ring (bicyclic) bond motifs is 8. The van der Waals surface area contributed by atoms with E-state index in [0.29, 0.717) is 73.7 Å². The molecule has 5 rings (SSSR count). The van der Waals surface area contributed by atoms with Gasteiger partial charge >= 0.3 is 11.4 Å². The summed E-state index contributed by atoms with van der Waals surface area (Å²) >= 11 is 0. The maximum absolute atomic E-state index is 13.2. The van der Waals surface area contributed by atoms with Crippen molar-refractivity contribution in [3.63, 3.8) is 0 Å². The summed E-state index contributed by atoms with van der Waals surface area (Å²) in [4.78, 5) is 52.4. The van der Waals surface area contributed by atoms with E-state index in [2.05, 4.69) is 0 Å². The molecule has 0 aliphatic carbocycles. The molecule has 0 amide bonds. The molecular formula is C26H28N4O4. The Morgan fingerprint density at radius 1 is 0.441 bits per heavy atom. The van der Waals surface area contributed by atoms with E-state index in [1.54, 1.807) is 21.3 Å². The van der Waals surface area contributed by atoms with E-state index in [1.165, 1.54) is 9.13 Å². The minimum absolute atomic E-state index is 0.243. The van der Waals surface area contributed by atoms with E-state index in [4.69, 9.17) is 0 Å². The molecule has 4 aromatic rings. The minimum atomic E-state index is -0.264. The zero-order chi connectivity index (χ0) is 23.7. The summed E-state index contributed by atoms with van der Waals surface area (Å²) in [5.41, 5.74) is 0.297. The molecule has 176 valence electrons. The molecule has 1 aliphatic heterocycles. The lowest BCUT2D eigenvalue weighted by Gasteiger charge is -2.16. The topological polar surface area (TPSA) is 88.0 Å². The van der Waals surface area contributed by atoms with Crippen LogP contribution in [0.15, 0.2) is 67.7 Å². The average Bonchev–Trinajstić information content (AvgIpc) is 2.85. The van der Waals surface area contributed by atoms with Crippen LogP contribution < -0.4 is 22.5 Å². The van der Waals surface area contributed by atoms with Crippen molar-refractivity contribution in [2.24, 2.45) is 0 Å². The monoisotopic (exact) mass is 460 g/mol. The maximum Gasteiger partial charge on any atom is 0.331 e. The maximum atomic E-state index is 13.2. The van der Waals surface area contributed by atoms with Gasteiger partial charge in [-0.1, -0.05) is 24.3 Å². The van der Waals surface area contributed by atoms with Gasteiger partial charge in [0.25, 0.3) is 11.1 Å². The van der Waals surface area contributed by atoms with Gasteiger partial charge in [-0.15, -0.1) is 0 Å². The van der Waals surface area contributed by atoms with Gasteiger partial charge in [0.15, 0.2) is 0 Å². The second kappa shape index (κ2) is 9.29. The van der Waals surface area contributed by atoms with Gasteiger partial charge in [0, 0.05) is 26.2 Å². The number of aromatic nitrogens is 4. The van der Waals surface area contributed by atoms with Crippen LogP contribution in [0.3, 0.4) is 0 Å². The molecule has 2 aromatic carbocycles. The summed E-state index contributed by atoms with van der Waals surface area (Å²) in [5, 5.41) is 1.12. The lowest BCUT2D eigenvalue weighted by molar-refractivity contribution is 0.469. The number of hydrogen-bond acceptors (Lipinski definition) is 4. The van der Waals surface area contributed by atoms with Crippen molar-refractivity contribution in [1.29, 1.82) is 0 Å². The number of hydrogen-bond donors (Lipinski definition) is 0. The number of rotatable bonds is 0. The second-order valence-corrected chi connectivity index (χ2v) is 8.94. The molecule has 0 saturated heterocycles. The number of aryl methyl sites for hydroxylation is 2. The highest BCUT2D eigenvalue weighted by Crippen LogP contribution is 2.12. The van der Waals surface area contributed by atoms with Crippen molar-refractivity contribution >= 4 is 21.8 Å². The van der Waals surface area contributed by atoms with Gasteiger partial charge in [0.1, 0.15) is 0 Å². The lowest BCUT2D eigenvalue weighted by atomic mass is 10.2. The molecular weight excluding hydrogens is 432 g/mol. The summed E-state index contributed by atoms with van der Waals surface area (Å²) in [6.07, 6.45) is 4.22. The van der Waals surface area contributed by atoms with E-state index in [0.717, 1.165) is 12.8 Å². The highest BCUT2D eigenvalue weighted by atomic mass is 16.2. The Labute approximate surface area is 195 Å². The Morgan fingerprint density at radius 3 is 1.21 bits per heavy atom. The van der Waals surface area contributed by atoms with Crippen LogP contribution in [0, 0.1) is 0 Å². The van der Waals surface area contributed by atoms with E-state index < -0.39 is 0 Å². The number of para-hydroxylation sites is 2. The Hall–Kier alpha value is -3.68. The van der Waals surface area contributed by atoms with Crippen molar-refractivity contribution in [1.82, 2.24) is 18.3 Å². The smallest absolute Gasteiger partial charge is 0.293 e. The van der Waals surface area contributed by atoms with Crippen molar-refractivity contribution in [2.75, 3.05) is 0 Å². The average molecular weight is 461 g/mol. The Kier molecular flexibility index (Phi) is 6.04. The third-order valence-corrected chi connectivity index (χ3v) is 6.79. The fourth-order valence-corrected chi connectivity index (χ4v) is 5.00. The molecule has 3 heterocycles. The first-order chi connectivity index (χ1) is 16.6. The van der Waals surface area contributed by atoms with Crippen molar-refractivity contribution in [3.8, 4) is 0 Å². The van der Waals surface area contributed by atoms with E-state index >= 15 is 0 Å². The van der Waals surface area contributed by atoms with Crippen LogP contribution in [0.5, 0.6) is 0 Å². The minimum Gasteiger partial charge on any atom is -0.293 e. The molecule has 0 atom stereocenters. The largest absolute Gasteiger partial charge is 0.331 e. The highest BCUT2D eigenvalue weighted by Gasteiger charge is 2.15. The molecule has 0 unspecified atom stereocenters. The van der Waals surface area contributed by atoms with E-state index in [9.17, 15) is 19.2 Å². The van der Waals surface area contributed by atoms with Crippen LogP contribution >= 0.6 is 0 Å². The SMILES string of the molecule is O=c1c2ccccc2n2c(=O)n1CCCCCn1c(=O)n(c(=O)c3ccccc31)CCCCC2. The predicted octanol–water partition coefficient (Wildman–Crippen LogP) is 2.69. The molecule has 0 saturated carbocycles. The van der Waals surface area contributed by atoms with Gasteiger partial charge in [0.05, 0.1) is 21.8 Å². The second-order valence-electron chi connectivity index (χ2n) is 8.94. The summed E-state index contributed by atoms with van der Waals surface area (Å²) in [5.74, 6) is 0. The Morgan fingerprint density at radius 2 is 0.794 bits per heavy atom. The lowest BCUT2D eigenvalue weighted by Crippen LogP contribution is -2.41. The van der Waals surface area contributed by atoms with Gasteiger partial charge in [-0.2, -0.15) is 0 Å². The molecule has 0 N–H and O–H groups in total. The fourth-order valence-electron chi connectivity index (χ4n) is 5.00. The van der Waals surface area contributed by atoms with Crippen LogP contribution in [0.25, 0.3) is 21.8 Å². The number of nitrogens with zero attached hydrogens (tertiary/aromatic N) is 4. The van der Waals surface area contributed by atoms with Crippen LogP contribution in [-0.2, 0) is 26.2 Å². The third kappa shape index (κ3) is 3.83. The zero-order valence-corrected chi connectivity index (χ0v) is 19.1. The van der Waals surface area contributed by atoms with Gasteiger partial charge < -0.3 is 0 Å². The van der Waals surface area contributed by atoms with E-state index in [1.807, 2.05) is 36.4 Å². The van der Waals surface area contributed by atoms with Crippen LogP contribution in [-0.4, -0.2) is 18.3 Å². The molecule has 0 fully saturated rings. The van der Waals surface area contributed by atoms with Gasteiger partial charge in [-0.25, -0.2) is 9.59 Å². The van der Waals surface area contributed by atoms with Crippen molar-refractivity contribution < 1.29 is 0 Å². The Balaban J connectivity index is 1.53. The highest BCUT2D eigenvalue weighted by molar-refractivity contribution is 5.78. The summed E-state index contributed by atoms with van der Waals surface area (Å²) in [6.45, 7) is 1.66. The van der Waals surface area contributed by atoms with Crippen LogP contribution in [0.1, 0.15) is 38.5 Å². The molecule has 0 spiro atoms. The molecule has 8 heteroatoms. The molecule has 1 aliphatic rings. The quantitative estimate of drug-likeness (QED) is 0.404. The van der Waals surface area contributed by atoms with Gasteiger partial charge in [-0.3, -0.25) is 27.9 Å². The molecule has 34 heavy (non-hydrogen) atoms. The molecule has 8 nitrogen and oxygen atoms in total. The first kappa shape index (κ1) is 22.1. The summed E-state index contributed by atoms with van der Waals surface area (Å²) in [7, 11) is 0. The molecule has 0 radical (unpaired) electrons. The van der Waals surface area contributed by atoms with E-state index in [-0.39, 0.29) is 22.5 Å². The molecule has 4 bridgehead atoms. The fraction of sp³-hybridized carbons (Fsp3) is 0.385. The normalized spacial score (nSPS) is 15.5. The standard InChI is InChI=1S/C26H28N4O4/c31-23-20-12-4-6-14-22(20)28-16-8-2-10-18-30-24(32)19-11-3-5-13-21(19)27(25(30)33)15-7-1-9-17-29(23)26(28)34/h3-6,11-14H,1-2,7-10,15-18H2. The van der Waals surface area contributed by atoms with Gasteiger partial charge in [0.2, 0.25) is 0 Å². The number of benzene rings is 2. The van der Waals surface area contributed by atoms with Crippen molar-refractivity contribution in [2.45, 2.75) is 64.7 Å². The predicted molar refractivity (Wildman–Crippen MR) is 133 cm³/mol. The van der Waals surface area contributed by atoms with Gasteiger partial charge in [-0.05, 0) is 62.8 Å². The summed E-state index contributed by atoms with van der Waals surface area (Å²) < 4.78 is 6.10. The zero-order valence-electron chi connectivity index (χ0n) is 19.1. The first-order valence-electron chi connectivity index (χ1n) is 12.0. The first-order valence-corrected chi connectivity index (χ1v) is 12.0. The molecule has 2 aromatic heterocycles. The van der Waals surface area contributed by atoms with Crippen LogP contribution in [0.4, 0.5) is 0 Å². The summed E-state index contributed by atoms with van der Waals surface area (Å²) in [6, 6.07) is 14.5. The van der Waals surface area contributed by atoms with Crippen molar-refractivity contribution in [3.05, 3.63) is 90.2 Å².